The Hall–Kier alpha value is -2.56. The second kappa shape index (κ2) is 10.2. The monoisotopic (exact) mass is 684 g/mol. The van der Waals surface area contributed by atoms with Crippen molar-refractivity contribution in [3.63, 3.8) is 0 Å². The summed E-state index contributed by atoms with van der Waals surface area (Å²) in [7, 11) is 0. The molecule has 0 aromatic heterocycles. The van der Waals surface area contributed by atoms with E-state index in [1.807, 2.05) is 0 Å². The second-order valence-electron chi connectivity index (χ2n) is 11.7. The van der Waals surface area contributed by atoms with Crippen LogP contribution in [-0.2, 0) is 29.2 Å². The average Bonchev–Trinajstić information content (AvgIpc) is 3.36. The second-order valence-corrected chi connectivity index (χ2v) is 52.4. The van der Waals surface area contributed by atoms with Crippen molar-refractivity contribution in [2.45, 2.75) is 51.6 Å². The van der Waals surface area contributed by atoms with Gasteiger partial charge in [-0.2, -0.15) is 0 Å². The Kier molecular flexibility index (Phi) is 6.90. The summed E-state index contributed by atoms with van der Waals surface area (Å²) >= 11 is -4.91. The van der Waals surface area contributed by atoms with Crippen molar-refractivity contribution in [1.29, 1.82) is 0 Å². The fourth-order valence-electron chi connectivity index (χ4n) is 7.75. The fourth-order valence-corrected chi connectivity index (χ4v) is 59.2. The standard InChI is InChI=1S/C13H9.C7H13NO.2C6H5.C2H7Si.Hf/c1-3-7-12-10(5-1)9-11-6-2-4-8-13(11)12;8-7(9)6-4-2-1-3-5-6;2*1-2-4-6-5-3-1;1-3-2;/h1-5,7-8H,9H2;6H,1-5H2,(H2,8,9);2*1-5H;3H,1-2H3;/q;;;;;+1/p-1. The molecule has 0 atom stereocenters. The summed E-state index contributed by atoms with van der Waals surface area (Å²) < 4.78 is 8.42. The van der Waals surface area contributed by atoms with Gasteiger partial charge in [-0.05, 0) is 0 Å². The first-order chi connectivity index (χ1) is 18.6. The van der Waals surface area contributed by atoms with Gasteiger partial charge in [0.25, 0.3) is 0 Å². The molecule has 2 aliphatic rings. The molecule has 193 valence electrons. The number of carbonyl (C=O) groups is 1. The van der Waals surface area contributed by atoms with Crippen LogP contribution in [0.5, 0.6) is 0 Å². The molecule has 4 heteroatoms. The summed E-state index contributed by atoms with van der Waals surface area (Å²) in [6, 6.07) is 38.2. The summed E-state index contributed by atoms with van der Waals surface area (Å²) in [6.45, 7) is 5.02. The summed E-state index contributed by atoms with van der Waals surface area (Å²) in [6.07, 6.45) is 6.54. The average molecular weight is 683 g/mol. The maximum absolute atomic E-state index is 14.5. The molecular weight excluding hydrogens is 645 g/mol. The van der Waals surface area contributed by atoms with Gasteiger partial charge in [-0.1, -0.05) is 0 Å². The number of amides is 1. The van der Waals surface area contributed by atoms with Crippen molar-refractivity contribution in [3.8, 4) is 11.1 Å². The number of hydrogen-bond donors (Lipinski definition) is 1. The third-order valence-corrected chi connectivity index (χ3v) is 65.5. The van der Waals surface area contributed by atoms with E-state index in [-0.39, 0.29) is 5.92 Å². The predicted octanol–water partition coefficient (Wildman–Crippen LogP) is 5.82. The maximum atomic E-state index is 14.5. The molecular formula is C34H38HfNOSi. The zero-order chi connectivity index (χ0) is 26.2. The molecule has 0 heterocycles. The molecule has 0 unspecified atom stereocenters. The number of hydrogen-bond acceptors (Lipinski definition) is 1. The van der Waals surface area contributed by atoms with E-state index < -0.39 is 23.9 Å². The molecule has 1 amide bonds. The molecule has 0 aliphatic heterocycles. The molecule has 4 aromatic carbocycles. The van der Waals surface area contributed by atoms with Crippen LogP contribution in [0.1, 0.15) is 43.2 Å². The molecule has 1 saturated carbocycles. The SMILES string of the molecule is C[SiH](C)[Hf]([NH]C(=O)C1CCCCC1)([c]1ccccc1)([c]1ccccc1)[c]1cccc2c1Cc1ccccc1-2. The number of carbonyl (C=O) groups excluding carboxylic acids is 1. The van der Waals surface area contributed by atoms with E-state index in [9.17, 15) is 4.79 Å². The summed E-state index contributed by atoms with van der Waals surface area (Å²) in [5.41, 5.74) is 5.56. The fraction of sp³-hybridized carbons (Fsp3) is 0.265. The minimum atomic E-state index is -4.91. The molecule has 0 radical (unpaired) electrons. The molecule has 0 saturated heterocycles. The van der Waals surface area contributed by atoms with Crippen molar-refractivity contribution in [2.24, 2.45) is 5.92 Å². The molecule has 2 aliphatic carbocycles. The van der Waals surface area contributed by atoms with E-state index in [0.717, 1.165) is 32.1 Å². The van der Waals surface area contributed by atoms with Crippen LogP contribution in [0.25, 0.3) is 11.1 Å². The van der Waals surface area contributed by atoms with Crippen molar-refractivity contribution in [3.05, 3.63) is 114 Å². The van der Waals surface area contributed by atoms with Gasteiger partial charge in [-0.3, -0.25) is 0 Å². The van der Waals surface area contributed by atoms with Gasteiger partial charge in [0.15, 0.2) is 0 Å². The zero-order valence-corrected chi connectivity index (χ0v) is 27.4. The van der Waals surface area contributed by atoms with Gasteiger partial charge in [-0.25, -0.2) is 0 Å². The quantitative estimate of drug-likeness (QED) is 0.225. The minimum absolute atomic E-state index is 0.119. The first kappa shape index (κ1) is 25.7. The van der Waals surface area contributed by atoms with E-state index in [4.69, 9.17) is 0 Å². The van der Waals surface area contributed by atoms with Crippen LogP contribution >= 0.6 is 0 Å². The first-order valence-electron chi connectivity index (χ1n) is 14.4. The Labute approximate surface area is 229 Å². The predicted molar refractivity (Wildman–Crippen MR) is 160 cm³/mol. The van der Waals surface area contributed by atoms with Crippen LogP contribution in [0.2, 0.25) is 13.1 Å². The third-order valence-electron chi connectivity index (χ3n) is 9.67. The van der Waals surface area contributed by atoms with Crippen LogP contribution in [0.3, 0.4) is 0 Å². The molecule has 1 fully saturated rings. The van der Waals surface area contributed by atoms with Crippen molar-refractivity contribution >= 4 is 21.9 Å². The van der Waals surface area contributed by atoms with Gasteiger partial charge in [-0.15, -0.1) is 0 Å². The van der Waals surface area contributed by atoms with Gasteiger partial charge in [0, 0.05) is 0 Å². The topological polar surface area (TPSA) is 29.1 Å². The molecule has 2 nitrogen and oxygen atoms in total. The molecule has 4 aromatic rings. The van der Waals surface area contributed by atoms with Gasteiger partial charge in [0.1, 0.15) is 0 Å². The Morgan fingerprint density at radius 1 is 0.711 bits per heavy atom. The van der Waals surface area contributed by atoms with Gasteiger partial charge in [0.05, 0.1) is 0 Å². The molecule has 38 heavy (non-hydrogen) atoms. The van der Waals surface area contributed by atoms with E-state index in [0.29, 0.717) is 5.91 Å². The van der Waals surface area contributed by atoms with E-state index in [1.165, 1.54) is 38.6 Å². The van der Waals surface area contributed by atoms with Crippen LogP contribution < -0.4 is 13.3 Å². The molecule has 0 bridgehead atoms. The Balaban J connectivity index is 1.71. The Morgan fingerprint density at radius 2 is 1.29 bits per heavy atom. The molecule has 0 spiro atoms. The number of rotatable bonds is 6. The van der Waals surface area contributed by atoms with E-state index in [2.05, 4.69) is 120 Å². The van der Waals surface area contributed by atoms with Gasteiger partial charge < -0.3 is 0 Å². The summed E-state index contributed by atoms with van der Waals surface area (Å²) in [4.78, 5) is 14.5. The number of benzene rings is 4. The third kappa shape index (κ3) is 3.78. The summed E-state index contributed by atoms with van der Waals surface area (Å²) in [5.74, 6) is -1.17. The van der Waals surface area contributed by atoms with Crippen LogP contribution in [0.15, 0.2) is 103 Å². The van der Waals surface area contributed by atoms with Crippen molar-refractivity contribution in [1.82, 2.24) is 3.30 Å². The van der Waals surface area contributed by atoms with Gasteiger partial charge >= 0.3 is 231 Å². The van der Waals surface area contributed by atoms with Crippen LogP contribution in [0, 0.1) is 5.92 Å². The first-order valence-corrected chi connectivity index (χ1v) is 30.6. The van der Waals surface area contributed by atoms with Crippen LogP contribution in [-0.4, -0.2) is 11.9 Å². The van der Waals surface area contributed by atoms with Crippen molar-refractivity contribution < 1.29 is 22.8 Å². The van der Waals surface area contributed by atoms with Crippen LogP contribution in [0.4, 0.5) is 0 Å². The summed E-state index contributed by atoms with van der Waals surface area (Å²) in [5, 5.41) is 0. The van der Waals surface area contributed by atoms with Gasteiger partial charge in [0.2, 0.25) is 0 Å². The Morgan fingerprint density at radius 3 is 1.92 bits per heavy atom. The normalized spacial score (nSPS) is 16.3. The Bertz CT molecular complexity index is 1420. The molecule has 1 N–H and O–H groups in total. The zero-order valence-electron chi connectivity index (χ0n) is 22.6. The van der Waals surface area contributed by atoms with Crippen molar-refractivity contribution in [2.75, 3.05) is 0 Å². The molecule has 6 rings (SSSR count). The van der Waals surface area contributed by atoms with E-state index in [1.54, 1.807) is 0 Å². The van der Waals surface area contributed by atoms with E-state index >= 15 is 0 Å². The number of nitrogens with one attached hydrogen (secondary N) is 1. The number of fused-ring (bicyclic) bond motifs is 3.